The summed E-state index contributed by atoms with van der Waals surface area (Å²) >= 11 is 3.15. The van der Waals surface area contributed by atoms with Gasteiger partial charge in [-0.1, -0.05) is 18.1 Å². The Morgan fingerprint density at radius 2 is 2.30 bits per heavy atom. The molecule has 0 bridgehead atoms. The summed E-state index contributed by atoms with van der Waals surface area (Å²) in [6, 6.07) is 5.38. The van der Waals surface area contributed by atoms with Gasteiger partial charge in [0.1, 0.15) is 0 Å². The Hall–Kier alpha value is -2.19. The fourth-order valence-electron chi connectivity index (χ4n) is 2.12. The van der Waals surface area contributed by atoms with Crippen LogP contribution in [0.25, 0.3) is 10.6 Å². The summed E-state index contributed by atoms with van der Waals surface area (Å²) in [5.41, 5.74) is 0. The number of rotatable bonds is 5. The van der Waals surface area contributed by atoms with Crippen LogP contribution in [0.1, 0.15) is 17.8 Å². The number of carbonyl (C=O) groups excluding carboxylic acids is 1. The number of nitrogens with one attached hydrogen (secondary N) is 1. The van der Waals surface area contributed by atoms with Crippen molar-refractivity contribution in [1.82, 2.24) is 15.0 Å². The lowest BCUT2D eigenvalue weighted by Crippen LogP contribution is -2.34. The van der Waals surface area contributed by atoms with Gasteiger partial charge < -0.3 is 9.42 Å². The van der Waals surface area contributed by atoms with Gasteiger partial charge >= 0.3 is 6.03 Å². The molecule has 1 unspecified atom stereocenters. The van der Waals surface area contributed by atoms with E-state index in [4.69, 9.17) is 4.52 Å². The van der Waals surface area contributed by atoms with Crippen molar-refractivity contribution in [2.24, 2.45) is 0 Å². The van der Waals surface area contributed by atoms with Gasteiger partial charge in [-0.2, -0.15) is 0 Å². The van der Waals surface area contributed by atoms with Crippen molar-refractivity contribution in [3.8, 4) is 10.6 Å². The second-order valence-electron chi connectivity index (χ2n) is 5.14. The first-order valence-electron chi connectivity index (χ1n) is 7.05. The summed E-state index contributed by atoms with van der Waals surface area (Å²) < 4.78 is 5.25. The Bertz CT molecular complexity index is 752. The van der Waals surface area contributed by atoms with Gasteiger partial charge in [0.15, 0.2) is 11.6 Å². The van der Waals surface area contributed by atoms with Crippen LogP contribution >= 0.6 is 22.7 Å². The molecule has 1 N–H and O–H groups in total. The molecule has 0 fully saturated rings. The maximum absolute atomic E-state index is 12.2. The molecule has 120 valence electrons. The molecule has 6 nitrogen and oxygen atoms in total. The Labute approximate surface area is 141 Å². The molecule has 3 rings (SSSR count). The zero-order valence-electron chi connectivity index (χ0n) is 12.7. The van der Waals surface area contributed by atoms with Crippen LogP contribution in [0, 0.1) is 0 Å². The van der Waals surface area contributed by atoms with E-state index in [1.165, 1.54) is 0 Å². The monoisotopic (exact) mass is 348 g/mol. The van der Waals surface area contributed by atoms with Crippen molar-refractivity contribution in [3.63, 3.8) is 0 Å². The molecule has 0 spiro atoms. The topological polar surface area (TPSA) is 71.3 Å². The van der Waals surface area contributed by atoms with Crippen LogP contribution in [-0.2, 0) is 0 Å². The molecule has 0 saturated heterocycles. The molecular formula is C15H16N4O2S2. The number of likely N-dealkylation sites (N-methyl/N-ethyl adjacent to an activating group) is 1. The second-order valence-corrected chi connectivity index (χ2v) is 7.01. The number of nitrogens with zero attached hydrogens (tertiary/aromatic N) is 3. The predicted octanol–water partition coefficient (Wildman–Crippen LogP) is 4.13. The van der Waals surface area contributed by atoms with E-state index < -0.39 is 0 Å². The predicted molar refractivity (Wildman–Crippen MR) is 92.0 cm³/mol. The average molecular weight is 348 g/mol. The summed E-state index contributed by atoms with van der Waals surface area (Å²) in [6.45, 7) is 2.63. The Morgan fingerprint density at radius 3 is 3.00 bits per heavy atom. The van der Waals surface area contributed by atoms with Crippen LogP contribution in [0.5, 0.6) is 0 Å². The zero-order valence-corrected chi connectivity index (χ0v) is 14.4. The van der Waals surface area contributed by atoms with Gasteiger partial charge in [0, 0.05) is 37.2 Å². The van der Waals surface area contributed by atoms with Gasteiger partial charge in [0.25, 0.3) is 0 Å². The summed E-state index contributed by atoms with van der Waals surface area (Å²) in [6.07, 6.45) is 1.78. The molecule has 0 saturated carbocycles. The Kier molecular flexibility index (Phi) is 4.73. The third-order valence-electron chi connectivity index (χ3n) is 3.28. The van der Waals surface area contributed by atoms with Crippen LogP contribution < -0.4 is 5.32 Å². The molecule has 3 aromatic rings. The number of anilines is 1. The first kappa shape index (κ1) is 15.7. The zero-order chi connectivity index (χ0) is 16.2. The highest BCUT2D eigenvalue weighted by molar-refractivity contribution is 7.13. The van der Waals surface area contributed by atoms with E-state index in [1.807, 2.05) is 29.8 Å². The van der Waals surface area contributed by atoms with Gasteiger partial charge in [-0.3, -0.25) is 5.32 Å². The lowest BCUT2D eigenvalue weighted by atomic mass is 10.2. The summed E-state index contributed by atoms with van der Waals surface area (Å²) in [5, 5.41) is 11.6. The minimum atomic E-state index is -0.223. The van der Waals surface area contributed by atoms with Gasteiger partial charge in [-0.25, -0.2) is 9.78 Å². The largest absolute Gasteiger partial charge is 0.353 e. The normalized spacial score (nSPS) is 12.1. The minimum absolute atomic E-state index is 0.185. The SMILES string of the molecule is CC(CN(C)C(=O)Nc1cc(-c2cccs2)on1)c1nccs1. The van der Waals surface area contributed by atoms with Crippen molar-refractivity contribution in [2.45, 2.75) is 12.8 Å². The number of aromatic nitrogens is 2. The number of hydrogen-bond donors (Lipinski definition) is 1. The molecular weight excluding hydrogens is 332 g/mol. The van der Waals surface area contributed by atoms with Crippen LogP contribution in [0.3, 0.4) is 0 Å². The molecule has 0 aliphatic carbocycles. The molecule has 0 aliphatic heterocycles. The molecule has 23 heavy (non-hydrogen) atoms. The molecule has 2 amide bonds. The second kappa shape index (κ2) is 6.93. The molecule has 3 aromatic heterocycles. The average Bonchev–Trinajstić information content (AvgIpc) is 3.28. The van der Waals surface area contributed by atoms with E-state index in [-0.39, 0.29) is 11.9 Å². The number of hydrogen-bond acceptors (Lipinski definition) is 6. The van der Waals surface area contributed by atoms with E-state index in [0.717, 1.165) is 9.88 Å². The number of amides is 2. The van der Waals surface area contributed by atoms with Gasteiger partial charge in [0.2, 0.25) is 0 Å². The first-order chi connectivity index (χ1) is 11.1. The Balaban J connectivity index is 1.58. The molecule has 0 aliphatic rings. The number of thiophene rings is 1. The highest BCUT2D eigenvalue weighted by atomic mass is 32.1. The van der Waals surface area contributed by atoms with Crippen molar-refractivity contribution >= 4 is 34.5 Å². The molecule has 1 atom stereocenters. The van der Waals surface area contributed by atoms with E-state index in [9.17, 15) is 4.79 Å². The van der Waals surface area contributed by atoms with Crippen molar-refractivity contribution in [2.75, 3.05) is 18.9 Å². The third kappa shape index (κ3) is 3.77. The Morgan fingerprint density at radius 1 is 1.43 bits per heavy atom. The number of thiazole rings is 1. The highest BCUT2D eigenvalue weighted by Crippen LogP contribution is 2.26. The van der Waals surface area contributed by atoms with Crippen LogP contribution in [0.4, 0.5) is 10.6 Å². The van der Waals surface area contributed by atoms with Crippen molar-refractivity contribution < 1.29 is 9.32 Å². The maximum Gasteiger partial charge on any atom is 0.322 e. The van der Waals surface area contributed by atoms with E-state index in [0.29, 0.717) is 18.1 Å². The number of carbonyl (C=O) groups is 1. The lowest BCUT2D eigenvalue weighted by Gasteiger charge is -2.20. The molecule has 0 aromatic carbocycles. The summed E-state index contributed by atoms with van der Waals surface area (Å²) in [7, 11) is 1.75. The van der Waals surface area contributed by atoms with Gasteiger partial charge in [-0.05, 0) is 11.4 Å². The van der Waals surface area contributed by atoms with Crippen LogP contribution in [-0.4, -0.2) is 34.7 Å². The maximum atomic E-state index is 12.2. The quantitative estimate of drug-likeness (QED) is 0.752. The number of urea groups is 1. The van der Waals surface area contributed by atoms with E-state index in [2.05, 4.69) is 15.5 Å². The molecule has 3 heterocycles. The standard InChI is InChI=1S/C15H16N4O2S2/c1-10(14-16-5-7-23-14)9-19(2)15(20)17-13-8-11(21-18-13)12-4-3-6-22-12/h3-8,10H,9H2,1-2H3,(H,17,18,20). The lowest BCUT2D eigenvalue weighted by molar-refractivity contribution is 0.220. The fourth-order valence-corrected chi connectivity index (χ4v) is 3.49. The summed E-state index contributed by atoms with van der Waals surface area (Å²) in [4.78, 5) is 19.1. The smallest absolute Gasteiger partial charge is 0.322 e. The fraction of sp³-hybridized carbons (Fsp3) is 0.267. The van der Waals surface area contributed by atoms with Crippen molar-refractivity contribution in [3.05, 3.63) is 40.2 Å². The van der Waals surface area contributed by atoms with Gasteiger partial charge in [-0.15, -0.1) is 22.7 Å². The van der Waals surface area contributed by atoms with Crippen LogP contribution in [0.15, 0.2) is 39.7 Å². The van der Waals surface area contributed by atoms with E-state index >= 15 is 0 Å². The third-order valence-corrected chi connectivity index (χ3v) is 5.17. The molecule has 0 radical (unpaired) electrons. The summed E-state index contributed by atoms with van der Waals surface area (Å²) in [5.74, 6) is 1.24. The minimum Gasteiger partial charge on any atom is -0.353 e. The van der Waals surface area contributed by atoms with E-state index in [1.54, 1.807) is 46.9 Å². The van der Waals surface area contributed by atoms with Crippen LogP contribution in [0.2, 0.25) is 0 Å². The first-order valence-corrected chi connectivity index (χ1v) is 8.81. The van der Waals surface area contributed by atoms with Crippen molar-refractivity contribution in [1.29, 1.82) is 0 Å². The molecule has 8 heteroatoms. The highest BCUT2D eigenvalue weighted by Gasteiger charge is 2.17. The van der Waals surface area contributed by atoms with Gasteiger partial charge in [0.05, 0.1) is 9.88 Å².